The second kappa shape index (κ2) is 7.13. The summed E-state index contributed by atoms with van der Waals surface area (Å²) in [5.41, 5.74) is 2.07. The molecule has 0 radical (unpaired) electrons. The number of benzene rings is 1. The topological polar surface area (TPSA) is 70.6 Å². The zero-order valence-electron chi connectivity index (χ0n) is 12.4. The van der Waals surface area contributed by atoms with Crippen molar-refractivity contribution < 1.29 is 14.6 Å². The average Bonchev–Trinajstić information content (AvgIpc) is 2.93. The van der Waals surface area contributed by atoms with Gasteiger partial charge in [0.2, 0.25) is 0 Å². The molecule has 0 saturated heterocycles. The van der Waals surface area contributed by atoms with Crippen LogP contribution < -0.4 is 15.4 Å². The Bertz CT molecular complexity index is 528. The summed E-state index contributed by atoms with van der Waals surface area (Å²) in [4.78, 5) is 11.8. The zero-order valence-corrected chi connectivity index (χ0v) is 12.4. The minimum atomic E-state index is -0.197. The number of aliphatic hydroxyl groups excluding tert-OH is 1. The van der Waals surface area contributed by atoms with Gasteiger partial charge in [-0.3, -0.25) is 0 Å². The van der Waals surface area contributed by atoms with E-state index in [0.717, 1.165) is 23.3 Å². The molecule has 1 aliphatic rings. The van der Waals surface area contributed by atoms with Gasteiger partial charge in [-0.15, -0.1) is 0 Å². The molecular formula is C16H22N2O3. The van der Waals surface area contributed by atoms with Crippen LogP contribution in [0.2, 0.25) is 0 Å². The normalized spacial score (nSPS) is 20.3. The molecule has 0 heterocycles. The van der Waals surface area contributed by atoms with Crippen molar-refractivity contribution in [3.63, 3.8) is 0 Å². The average molecular weight is 290 g/mol. The van der Waals surface area contributed by atoms with Gasteiger partial charge < -0.3 is 20.5 Å². The molecule has 5 heteroatoms. The molecule has 1 aromatic carbocycles. The third-order valence-corrected chi connectivity index (χ3v) is 3.64. The second-order valence-electron chi connectivity index (χ2n) is 5.30. The van der Waals surface area contributed by atoms with E-state index in [1.807, 2.05) is 37.3 Å². The van der Waals surface area contributed by atoms with Crippen molar-refractivity contribution in [2.45, 2.75) is 25.9 Å². The molecule has 2 atom stereocenters. The fourth-order valence-corrected chi connectivity index (χ4v) is 2.47. The second-order valence-corrected chi connectivity index (χ2v) is 5.30. The minimum Gasteiger partial charge on any atom is -0.496 e. The van der Waals surface area contributed by atoms with E-state index >= 15 is 0 Å². The van der Waals surface area contributed by atoms with Crippen molar-refractivity contribution in [1.82, 2.24) is 10.6 Å². The van der Waals surface area contributed by atoms with Crippen molar-refractivity contribution in [3.8, 4) is 5.75 Å². The molecule has 0 bridgehead atoms. The zero-order chi connectivity index (χ0) is 15.2. The first-order valence-electron chi connectivity index (χ1n) is 7.09. The van der Waals surface area contributed by atoms with E-state index in [0.29, 0.717) is 6.54 Å². The quantitative estimate of drug-likeness (QED) is 0.723. The molecule has 3 N–H and O–H groups in total. The third kappa shape index (κ3) is 4.23. The Morgan fingerprint density at radius 2 is 2.24 bits per heavy atom. The van der Waals surface area contributed by atoms with Crippen LogP contribution in [0.5, 0.6) is 5.75 Å². The largest absolute Gasteiger partial charge is 0.496 e. The van der Waals surface area contributed by atoms with Crippen LogP contribution in [0.15, 0.2) is 30.4 Å². The van der Waals surface area contributed by atoms with Crippen molar-refractivity contribution >= 4 is 6.03 Å². The molecule has 1 aromatic rings. The standard InChI is InChI=1S/C16H22N2O3/c1-11-7-12(4-6-15(11)21-2)9-17-16(20)18-14-5-3-13(8-14)10-19/h3-7,13-14,19H,8-10H2,1-2H3,(H2,17,18,20)/t13-,14+/m0/s1. The molecule has 0 saturated carbocycles. The molecule has 1 aliphatic carbocycles. The van der Waals surface area contributed by atoms with Crippen LogP contribution in [-0.4, -0.2) is 30.9 Å². The van der Waals surface area contributed by atoms with Gasteiger partial charge in [-0.2, -0.15) is 0 Å². The maximum atomic E-state index is 11.8. The Hall–Kier alpha value is -2.01. The highest BCUT2D eigenvalue weighted by molar-refractivity contribution is 5.74. The van der Waals surface area contributed by atoms with Gasteiger partial charge in [0, 0.05) is 25.1 Å². The Balaban J connectivity index is 1.79. The molecule has 2 amide bonds. The lowest BCUT2D eigenvalue weighted by molar-refractivity contribution is 0.231. The monoisotopic (exact) mass is 290 g/mol. The molecule has 0 aromatic heterocycles. The van der Waals surface area contributed by atoms with Crippen LogP contribution in [0, 0.1) is 12.8 Å². The summed E-state index contributed by atoms with van der Waals surface area (Å²) in [5, 5.41) is 14.8. The number of methoxy groups -OCH3 is 1. The summed E-state index contributed by atoms with van der Waals surface area (Å²) in [6.07, 6.45) is 4.63. The number of aryl methyl sites for hydroxylation is 1. The first-order chi connectivity index (χ1) is 10.1. The van der Waals surface area contributed by atoms with Crippen LogP contribution in [0.25, 0.3) is 0 Å². The number of hydrogen-bond acceptors (Lipinski definition) is 3. The highest BCUT2D eigenvalue weighted by Gasteiger charge is 2.19. The van der Waals surface area contributed by atoms with E-state index < -0.39 is 0 Å². The highest BCUT2D eigenvalue weighted by Crippen LogP contribution is 2.18. The summed E-state index contributed by atoms with van der Waals surface area (Å²) in [5.74, 6) is 0.994. The Morgan fingerprint density at radius 1 is 1.43 bits per heavy atom. The summed E-state index contributed by atoms with van der Waals surface area (Å²) >= 11 is 0. The Labute approximate surface area is 125 Å². The van der Waals surface area contributed by atoms with Crippen molar-refractivity contribution in [2.24, 2.45) is 5.92 Å². The Kier molecular flexibility index (Phi) is 5.22. The lowest BCUT2D eigenvalue weighted by Crippen LogP contribution is -2.40. The van der Waals surface area contributed by atoms with Crippen LogP contribution >= 0.6 is 0 Å². The number of rotatable bonds is 5. The van der Waals surface area contributed by atoms with E-state index in [1.54, 1.807) is 7.11 Å². The van der Waals surface area contributed by atoms with E-state index in [1.165, 1.54) is 0 Å². The lowest BCUT2D eigenvalue weighted by Gasteiger charge is -2.14. The fourth-order valence-electron chi connectivity index (χ4n) is 2.47. The van der Waals surface area contributed by atoms with Gasteiger partial charge in [-0.05, 0) is 30.5 Å². The maximum absolute atomic E-state index is 11.8. The van der Waals surface area contributed by atoms with Crippen LogP contribution in [0.3, 0.4) is 0 Å². The van der Waals surface area contributed by atoms with Gasteiger partial charge in [-0.25, -0.2) is 4.79 Å². The minimum absolute atomic E-state index is 0.000228. The van der Waals surface area contributed by atoms with Crippen LogP contribution in [0.1, 0.15) is 17.5 Å². The highest BCUT2D eigenvalue weighted by atomic mass is 16.5. The molecule has 0 spiro atoms. The van der Waals surface area contributed by atoms with Crippen molar-refractivity contribution in [2.75, 3.05) is 13.7 Å². The van der Waals surface area contributed by atoms with Gasteiger partial charge in [-0.1, -0.05) is 24.3 Å². The lowest BCUT2D eigenvalue weighted by atomic mass is 10.1. The number of aliphatic hydroxyl groups is 1. The molecule has 114 valence electrons. The number of carbonyl (C=O) groups excluding carboxylic acids is 1. The van der Waals surface area contributed by atoms with Gasteiger partial charge in [0.05, 0.1) is 7.11 Å². The van der Waals surface area contributed by atoms with Gasteiger partial charge >= 0.3 is 6.03 Å². The molecular weight excluding hydrogens is 268 g/mol. The number of urea groups is 1. The third-order valence-electron chi connectivity index (χ3n) is 3.64. The smallest absolute Gasteiger partial charge is 0.315 e. The van der Waals surface area contributed by atoms with Crippen molar-refractivity contribution in [3.05, 3.63) is 41.5 Å². The van der Waals surface area contributed by atoms with E-state index in [2.05, 4.69) is 10.6 Å². The predicted molar refractivity (Wildman–Crippen MR) is 81.2 cm³/mol. The number of amides is 2. The van der Waals surface area contributed by atoms with E-state index in [-0.39, 0.29) is 24.6 Å². The van der Waals surface area contributed by atoms with Gasteiger partial charge in [0.15, 0.2) is 0 Å². The van der Waals surface area contributed by atoms with Crippen LogP contribution in [-0.2, 0) is 6.54 Å². The van der Waals surface area contributed by atoms with E-state index in [4.69, 9.17) is 9.84 Å². The molecule has 0 fully saturated rings. The Morgan fingerprint density at radius 3 is 2.86 bits per heavy atom. The predicted octanol–water partition coefficient (Wildman–Crippen LogP) is 1.74. The first kappa shape index (κ1) is 15.4. The molecule has 0 unspecified atom stereocenters. The summed E-state index contributed by atoms with van der Waals surface area (Å²) in [7, 11) is 1.64. The van der Waals surface area contributed by atoms with Gasteiger partial charge in [0.25, 0.3) is 0 Å². The maximum Gasteiger partial charge on any atom is 0.315 e. The number of carbonyl (C=O) groups is 1. The van der Waals surface area contributed by atoms with Crippen molar-refractivity contribution in [1.29, 1.82) is 0 Å². The SMILES string of the molecule is COc1ccc(CNC(=O)N[C@@H]2C=C[C@H](CO)C2)cc1C. The summed E-state index contributed by atoms with van der Waals surface area (Å²) in [6, 6.07) is 5.63. The number of ether oxygens (including phenoxy) is 1. The van der Waals surface area contributed by atoms with Gasteiger partial charge in [0.1, 0.15) is 5.75 Å². The fraction of sp³-hybridized carbons (Fsp3) is 0.438. The molecule has 0 aliphatic heterocycles. The molecule has 21 heavy (non-hydrogen) atoms. The van der Waals surface area contributed by atoms with Crippen LogP contribution in [0.4, 0.5) is 4.79 Å². The molecule has 2 rings (SSSR count). The summed E-state index contributed by atoms with van der Waals surface area (Å²) < 4.78 is 5.21. The number of hydrogen-bond donors (Lipinski definition) is 3. The van der Waals surface area contributed by atoms with E-state index in [9.17, 15) is 4.79 Å². The number of nitrogens with one attached hydrogen (secondary N) is 2. The molecule has 5 nitrogen and oxygen atoms in total. The first-order valence-corrected chi connectivity index (χ1v) is 7.09. The summed E-state index contributed by atoms with van der Waals surface area (Å²) in [6.45, 7) is 2.57.